The Morgan fingerprint density at radius 3 is 2.90 bits per heavy atom. The first-order valence-electron chi connectivity index (χ1n) is 3.57. The van der Waals surface area contributed by atoms with Gasteiger partial charge in [-0.25, -0.2) is 0 Å². The molecule has 0 aliphatic carbocycles. The van der Waals surface area contributed by atoms with Gasteiger partial charge in [-0.15, -0.1) is 0 Å². The van der Waals surface area contributed by atoms with E-state index in [2.05, 4.69) is 10.6 Å². The lowest BCUT2D eigenvalue weighted by Gasteiger charge is -2.26. The molecule has 1 fully saturated rings. The Labute approximate surface area is 61.2 Å². The normalized spacial score (nSPS) is 26.8. The van der Waals surface area contributed by atoms with Crippen LogP contribution >= 0.6 is 0 Å². The summed E-state index contributed by atoms with van der Waals surface area (Å²) in [6.07, 6.45) is 0.921. The Kier molecular flexibility index (Phi) is 2.83. The summed E-state index contributed by atoms with van der Waals surface area (Å²) < 4.78 is 0. The van der Waals surface area contributed by atoms with Crippen molar-refractivity contribution in [3.05, 3.63) is 5.92 Å². The van der Waals surface area contributed by atoms with E-state index in [1.54, 1.807) is 0 Å². The second-order valence-corrected chi connectivity index (χ2v) is 2.57. The second-order valence-electron chi connectivity index (χ2n) is 2.57. The molecule has 3 heteroatoms. The highest BCUT2D eigenvalue weighted by Gasteiger charge is 2.18. The molecule has 3 nitrogen and oxygen atoms in total. The molecule has 0 aromatic heterocycles. The van der Waals surface area contributed by atoms with Gasteiger partial charge in [-0.3, -0.25) is 0 Å². The number of carbonyl (C=O) groups is 1. The van der Waals surface area contributed by atoms with Gasteiger partial charge in [0.15, 0.2) is 0 Å². The quantitative estimate of drug-likeness (QED) is 0.502. The van der Waals surface area contributed by atoms with Crippen LogP contribution in [0.5, 0.6) is 0 Å². The third-order valence-electron chi connectivity index (χ3n) is 1.78. The van der Waals surface area contributed by atoms with E-state index in [-0.39, 0.29) is 6.04 Å². The number of aldehydes is 1. The van der Waals surface area contributed by atoms with Gasteiger partial charge in [-0.2, -0.15) is 0 Å². The predicted molar refractivity (Wildman–Crippen MR) is 39.6 cm³/mol. The summed E-state index contributed by atoms with van der Waals surface area (Å²) in [6, 6.07) is 0.256. The molecule has 2 N–H and O–H groups in total. The van der Waals surface area contributed by atoms with Crippen molar-refractivity contribution in [2.24, 2.45) is 0 Å². The van der Waals surface area contributed by atoms with Crippen molar-refractivity contribution in [1.29, 1.82) is 0 Å². The molecule has 0 amide bonds. The van der Waals surface area contributed by atoms with Crippen molar-refractivity contribution in [2.75, 3.05) is 19.6 Å². The van der Waals surface area contributed by atoms with E-state index in [9.17, 15) is 4.79 Å². The number of hydrogen-bond donors (Lipinski definition) is 2. The van der Waals surface area contributed by atoms with Crippen LogP contribution in [0, 0.1) is 5.92 Å². The van der Waals surface area contributed by atoms with Gasteiger partial charge in [0.05, 0.1) is 5.92 Å². The summed E-state index contributed by atoms with van der Waals surface area (Å²) in [7, 11) is 0. The van der Waals surface area contributed by atoms with Crippen molar-refractivity contribution in [3.63, 3.8) is 0 Å². The summed E-state index contributed by atoms with van der Waals surface area (Å²) in [4.78, 5) is 10.3. The van der Waals surface area contributed by atoms with Crippen LogP contribution in [-0.4, -0.2) is 32.0 Å². The summed E-state index contributed by atoms with van der Waals surface area (Å²) >= 11 is 0. The van der Waals surface area contributed by atoms with E-state index in [1.807, 2.05) is 6.92 Å². The largest absolute Gasteiger partial charge is 0.314 e. The summed E-state index contributed by atoms with van der Waals surface area (Å²) in [5, 5.41) is 6.45. The Balaban J connectivity index is 2.30. The smallest absolute Gasteiger partial charge is 0.128 e. The lowest BCUT2D eigenvalue weighted by molar-refractivity contribution is -0.106. The molecule has 1 unspecified atom stereocenters. The van der Waals surface area contributed by atoms with E-state index < -0.39 is 0 Å². The molecule has 1 saturated heterocycles. The van der Waals surface area contributed by atoms with E-state index >= 15 is 0 Å². The van der Waals surface area contributed by atoms with Crippen molar-refractivity contribution in [1.82, 2.24) is 10.6 Å². The third-order valence-corrected chi connectivity index (χ3v) is 1.78. The molecular weight excluding hydrogens is 128 g/mol. The van der Waals surface area contributed by atoms with E-state index in [0.29, 0.717) is 0 Å². The van der Waals surface area contributed by atoms with Gasteiger partial charge < -0.3 is 15.4 Å². The standard InChI is InChI=1S/C7H13N2O/c1-6(5-10)7-4-8-2-3-9-7/h5,7-9H,2-4H2,1H3. The summed E-state index contributed by atoms with van der Waals surface area (Å²) in [6.45, 7) is 4.70. The number of hydrogen-bond acceptors (Lipinski definition) is 3. The zero-order chi connectivity index (χ0) is 7.40. The topological polar surface area (TPSA) is 41.1 Å². The molecule has 1 atom stereocenters. The number of rotatable bonds is 2. The summed E-state index contributed by atoms with van der Waals surface area (Å²) in [5.74, 6) is 0.882. The number of piperazine rings is 1. The Morgan fingerprint density at radius 2 is 2.40 bits per heavy atom. The predicted octanol–water partition coefficient (Wildman–Crippen LogP) is -0.659. The maximum absolute atomic E-state index is 10.3. The van der Waals surface area contributed by atoms with Crippen molar-refractivity contribution < 1.29 is 4.79 Å². The van der Waals surface area contributed by atoms with Gasteiger partial charge in [-0.1, -0.05) is 6.92 Å². The Bertz CT molecular complexity index is 110. The Morgan fingerprint density at radius 1 is 1.60 bits per heavy atom. The first-order valence-corrected chi connectivity index (χ1v) is 3.57. The van der Waals surface area contributed by atoms with Crippen LogP contribution in [0.1, 0.15) is 6.92 Å². The molecule has 0 spiro atoms. The van der Waals surface area contributed by atoms with Crippen molar-refractivity contribution in [2.45, 2.75) is 13.0 Å². The Hall–Kier alpha value is -0.410. The molecular formula is C7H13N2O. The minimum absolute atomic E-state index is 0.256. The zero-order valence-corrected chi connectivity index (χ0v) is 6.18. The van der Waals surface area contributed by atoms with Crippen LogP contribution in [0.4, 0.5) is 0 Å². The third kappa shape index (κ3) is 1.78. The maximum Gasteiger partial charge on any atom is 0.128 e. The fourth-order valence-corrected chi connectivity index (χ4v) is 1.06. The lowest BCUT2D eigenvalue weighted by Crippen LogP contribution is -2.50. The number of nitrogens with one attached hydrogen (secondary N) is 2. The van der Waals surface area contributed by atoms with Crippen LogP contribution in [0.3, 0.4) is 0 Å². The van der Waals surface area contributed by atoms with Crippen LogP contribution in [-0.2, 0) is 4.79 Å². The van der Waals surface area contributed by atoms with Crippen molar-refractivity contribution in [3.8, 4) is 0 Å². The highest BCUT2D eigenvalue weighted by Crippen LogP contribution is 2.01. The average Bonchev–Trinajstić information content (AvgIpc) is 2.05. The van der Waals surface area contributed by atoms with Gasteiger partial charge in [0, 0.05) is 25.7 Å². The van der Waals surface area contributed by atoms with Gasteiger partial charge in [0.2, 0.25) is 0 Å². The minimum Gasteiger partial charge on any atom is -0.314 e. The number of carbonyl (C=O) groups excluding carboxylic acids is 1. The molecule has 1 rings (SSSR count). The molecule has 1 aliphatic heterocycles. The first kappa shape index (κ1) is 7.69. The van der Waals surface area contributed by atoms with E-state index in [4.69, 9.17) is 0 Å². The molecule has 0 aromatic rings. The molecule has 1 heterocycles. The highest BCUT2D eigenvalue weighted by molar-refractivity contribution is 5.69. The molecule has 0 saturated carbocycles. The monoisotopic (exact) mass is 141 g/mol. The molecule has 1 radical (unpaired) electrons. The van der Waals surface area contributed by atoms with Crippen LogP contribution in [0.2, 0.25) is 0 Å². The summed E-state index contributed by atoms with van der Waals surface area (Å²) in [5.41, 5.74) is 0. The van der Waals surface area contributed by atoms with Crippen LogP contribution < -0.4 is 10.6 Å². The fraction of sp³-hybridized carbons (Fsp3) is 0.714. The highest BCUT2D eigenvalue weighted by atomic mass is 16.1. The zero-order valence-electron chi connectivity index (χ0n) is 6.18. The minimum atomic E-state index is 0.256. The molecule has 0 bridgehead atoms. The van der Waals surface area contributed by atoms with E-state index in [1.165, 1.54) is 0 Å². The van der Waals surface area contributed by atoms with Gasteiger partial charge >= 0.3 is 0 Å². The average molecular weight is 141 g/mol. The van der Waals surface area contributed by atoms with Gasteiger partial charge in [0.25, 0.3) is 0 Å². The van der Waals surface area contributed by atoms with Gasteiger partial charge in [-0.05, 0) is 0 Å². The maximum atomic E-state index is 10.3. The SMILES string of the molecule is C[C](C=O)C1CNCCN1. The van der Waals surface area contributed by atoms with Crippen molar-refractivity contribution >= 4 is 6.29 Å². The lowest BCUT2D eigenvalue weighted by atomic mass is 10.0. The van der Waals surface area contributed by atoms with Crippen LogP contribution in [0.15, 0.2) is 0 Å². The molecule has 10 heavy (non-hydrogen) atoms. The van der Waals surface area contributed by atoms with Gasteiger partial charge in [0.1, 0.15) is 6.29 Å². The molecule has 57 valence electrons. The van der Waals surface area contributed by atoms with E-state index in [0.717, 1.165) is 31.8 Å². The first-order chi connectivity index (χ1) is 4.84. The molecule has 0 aromatic carbocycles. The molecule has 1 aliphatic rings. The second kappa shape index (κ2) is 3.68. The fourth-order valence-electron chi connectivity index (χ4n) is 1.06. The van der Waals surface area contributed by atoms with Crippen LogP contribution in [0.25, 0.3) is 0 Å².